The van der Waals surface area contributed by atoms with E-state index >= 15 is 0 Å². The minimum absolute atomic E-state index is 0.131. The van der Waals surface area contributed by atoms with Crippen LogP contribution in [0.3, 0.4) is 0 Å². The molecule has 0 aliphatic heterocycles. The lowest BCUT2D eigenvalue weighted by atomic mass is 10.1. The second-order valence-electron chi connectivity index (χ2n) is 5.33. The van der Waals surface area contributed by atoms with Gasteiger partial charge in [-0.2, -0.15) is 5.26 Å². The van der Waals surface area contributed by atoms with Crippen LogP contribution in [0.4, 0.5) is 11.4 Å². The first kappa shape index (κ1) is 18.7. The maximum atomic E-state index is 12.1. The van der Waals surface area contributed by atoms with Crippen molar-refractivity contribution in [2.75, 3.05) is 17.2 Å². The summed E-state index contributed by atoms with van der Waals surface area (Å²) < 4.78 is 4.79. The summed E-state index contributed by atoms with van der Waals surface area (Å²) in [6, 6.07) is 18.2. The Balaban J connectivity index is 2.00. The van der Waals surface area contributed by atoms with Crippen LogP contribution >= 0.6 is 0 Å². The molecule has 0 atom stereocenters. The van der Waals surface area contributed by atoms with E-state index in [0.717, 1.165) is 5.56 Å². The number of ether oxygens (including phenoxy) is 1. The Bertz CT molecular complexity index is 839. The molecule has 2 aromatic carbocycles. The van der Waals surface area contributed by atoms with Crippen LogP contribution in [0, 0.1) is 11.3 Å². The van der Waals surface area contributed by atoms with E-state index in [9.17, 15) is 9.59 Å². The smallest absolute Gasteiger partial charge is 0.350 e. The third kappa shape index (κ3) is 5.80. The van der Waals surface area contributed by atoms with Crippen LogP contribution in [0.25, 0.3) is 0 Å². The molecule has 0 radical (unpaired) electrons. The maximum absolute atomic E-state index is 12.1. The van der Waals surface area contributed by atoms with Gasteiger partial charge in [0.05, 0.1) is 13.0 Å². The van der Waals surface area contributed by atoms with Gasteiger partial charge in [-0.15, -0.1) is 0 Å². The van der Waals surface area contributed by atoms with Crippen molar-refractivity contribution in [3.8, 4) is 6.07 Å². The van der Waals surface area contributed by atoms with Gasteiger partial charge < -0.3 is 15.4 Å². The van der Waals surface area contributed by atoms with E-state index in [1.165, 1.54) is 6.20 Å². The molecule has 0 fully saturated rings. The highest BCUT2D eigenvalue weighted by Gasteiger charge is 2.09. The van der Waals surface area contributed by atoms with Gasteiger partial charge in [-0.3, -0.25) is 4.79 Å². The number of carbonyl (C=O) groups is 2. The van der Waals surface area contributed by atoms with Gasteiger partial charge in [-0.25, -0.2) is 4.79 Å². The van der Waals surface area contributed by atoms with Crippen molar-refractivity contribution in [2.45, 2.75) is 13.3 Å². The minimum Gasteiger partial charge on any atom is -0.462 e. The maximum Gasteiger partial charge on any atom is 0.350 e. The van der Waals surface area contributed by atoms with Gasteiger partial charge in [0.2, 0.25) is 5.91 Å². The Morgan fingerprint density at radius 2 is 1.85 bits per heavy atom. The summed E-state index contributed by atoms with van der Waals surface area (Å²) in [5.74, 6) is -0.817. The molecule has 0 aromatic heterocycles. The monoisotopic (exact) mass is 349 g/mol. The molecule has 1 amide bonds. The summed E-state index contributed by atoms with van der Waals surface area (Å²) in [6.45, 7) is 1.86. The fraction of sp³-hybridized carbons (Fsp3) is 0.150. The Morgan fingerprint density at radius 3 is 2.54 bits per heavy atom. The summed E-state index contributed by atoms with van der Waals surface area (Å²) in [5.41, 5.74) is 2.03. The summed E-state index contributed by atoms with van der Waals surface area (Å²) in [7, 11) is 0. The van der Waals surface area contributed by atoms with E-state index in [0.29, 0.717) is 11.4 Å². The number of carbonyl (C=O) groups excluding carboxylic acids is 2. The van der Waals surface area contributed by atoms with Gasteiger partial charge in [-0.05, 0) is 30.7 Å². The molecule has 26 heavy (non-hydrogen) atoms. The van der Waals surface area contributed by atoms with Crippen LogP contribution in [0.1, 0.15) is 12.5 Å². The predicted octanol–water partition coefficient (Wildman–Crippen LogP) is 3.25. The molecule has 0 saturated carbocycles. The minimum atomic E-state index is -0.685. The molecule has 0 bridgehead atoms. The molecule has 0 unspecified atom stereocenters. The van der Waals surface area contributed by atoms with Crippen molar-refractivity contribution < 1.29 is 14.3 Å². The number of hydrogen-bond acceptors (Lipinski definition) is 5. The van der Waals surface area contributed by atoms with E-state index in [-0.39, 0.29) is 24.5 Å². The third-order valence-corrected chi connectivity index (χ3v) is 3.35. The highest BCUT2D eigenvalue weighted by Crippen LogP contribution is 2.16. The second kappa shape index (κ2) is 9.64. The Kier molecular flexibility index (Phi) is 6.95. The SMILES string of the molecule is CCOC(=O)/C(C#N)=C/Nc1cccc(NC(=O)Cc2ccccc2)c1. The molecule has 6 heteroatoms. The van der Waals surface area contributed by atoms with Crippen LogP contribution in [0.2, 0.25) is 0 Å². The lowest BCUT2D eigenvalue weighted by Crippen LogP contribution is -2.14. The largest absolute Gasteiger partial charge is 0.462 e. The third-order valence-electron chi connectivity index (χ3n) is 3.35. The van der Waals surface area contributed by atoms with E-state index in [4.69, 9.17) is 10.00 Å². The van der Waals surface area contributed by atoms with Crippen LogP contribution in [0.15, 0.2) is 66.4 Å². The molecule has 6 nitrogen and oxygen atoms in total. The molecule has 0 saturated heterocycles. The average molecular weight is 349 g/mol. The van der Waals surface area contributed by atoms with Crippen molar-refractivity contribution in [1.82, 2.24) is 0 Å². The number of nitrogens with one attached hydrogen (secondary N) is 2. The number of amides is 1. The number of benzene rings is 2. The fourth-order valence-corrected chi connectivity index (χ4v) is 2.17. The Labute approximate surface area is 152 Å². The standard InChI is InChI=1S/C20H19N3O3/c1-2-26-20(25)16(13-21)14-22-17-9-6-10-18(12-17)23-19(24)11-15-7-4-3-5-8-15/h3-10,12,14,22H,2,11H2,1H3,(H,23,24)/b16-14+. The molecular weight excluding hydrogens is 330 g/mol. The lowest BCUT2D eigenvalue weighted by molar-refractivity contribution is -0.138. The van der Waals surface area contributed by atoms with Gasteiger partial charge in [0.25, 0.3) is 0 Å². The predicted molar refractivity (Wildman–Crippen MR) is 99.2 cm³/mol. The first-order valence-corrected chi connectivity index (χ1v) is 8.10. The van der Waals surface area contributed by atoms with Crippen LogP contribution in [-0.4, -0.2) is 18.5 Å². The van der Waals surface area contributed by atoms with Crippen molar-refractivity contribution in [3.63, 3.8) is 0 Å². The number of nitriles is 1. The second-order valence-corrected chi connectivity index (χ2v) is 5.33. The van der Waals surface area contributed by atoms with E-state index in [2.05, 4.69) is 10.6 Å². The fourth-order valence-electron chi connectivity index (χ4n) is 2.17. The van der Waals surface area contributed by atoms with Gasteiger partial charge in [0.15, 0.2) is 5.57 Å². The zero-order valence-electron chi connectivity index (χ0n) is 14.4. The molecule has 2 N–H and O–H groups in total. The Morgan fingerprint density at radius 1 is 1.12 bits per heavy atom. The summed E-state index contributed by atoms with van der Waals surface area (Å²) in [6.07, 6.45) is 1.56. The number of nitrogens with zero attached hydrogens (tertiary/aromatic N) is 1. The van der Waals surface area contributed by atoms with E-state index in [1.807, 2.05) is 30.3 Å². The quantitative estimate of drug-likeness (QED) is 0.455. The average Bonchev–Trinajstić information content (AvgIpc) is 2.63. The molecular formula is C20H19N3O3. The van der Waals surface area contributed by atoms with Crippen molar-refractivity contribution in [3.05, 3.63) is 71.9 Å². The molecule has 132 valence electrons. The number of rotatable bonds is 7. The van der Waals surface area contributed by atoms with Gasteiger partial charge in [0.1, 0.15) is 6.07 Å². The lowest BCUT2D eigenvalue weighted by Gasteiger charge is -2.08. The van der Waals surface area contributed by atoms with Crippen molar-refractivity contribution in [2.24, 2.45) is 0 Å². The van der Waals surface area contributed by atoms with Gasteiger partial charge in [-0.1, -0.05) is 36.4 Å². The topological polar surface area (TPSA) is 91.2 Å². The molecule has 0 aliphatic carbocycles. The first-order valence-electron chi connectivity index (χ1n) is 8.10. The summed E-state index contributed by atoms with van der Waals surface area (Å²) in [5, 5.41) is 14.7. The normalized spacial score (nSPS) is 10.5. The number of anilines is 2. The summed E-state index contributed by atoms with van der Waals surface area (Å²) in [4.78, 5) is 23.7. The van der Waals surface area contributed by atoms with Gasteiger partial charge in [0, 0.05) is 17.6 Å². The summed E-state index contributed by atoms with van der Waals surface area (Å²) >= 11 is 0. The molecule has 2 aromatic rings. The van der Waals surface area contributed by atoms with Crippen LogP contribution in [0.5, 0.6) is 0 Å². The van der Waals surface area contributed by atoms with Crippen molar-refractivity contribution in [1.29, 1.82) is 5.26 Å². The number of hydrogen-bond donors (Lipinski definition) is 2. The first-order chi connectivity index (χ1) is 12.6. The van der Waals surface area contributed by atoms with Crippen LogP contribution in [-0.2, 0) is 20.7 Å². The van der Waals surface area contributed by atoms with E-state index in [1.54, 1.807) is 37.3 Å². The molecule has 0 spiro atoms. The van der Waals surface area contributed by atoms with Gasteiger partial charge >= 0.3 is 5.97 Å². The zero-order chi connectivity index (χ0) is 18.8. The Hall–Kier alpha value is -3.59. The van der Waals surface area contributed by atoms with Crippen LogP contribution < -0.4 is 10.6 Å². The molecule has 0 heterocycles. The van der Waals surface area contributed by atoms with E-state index < -0.39 is 5.97 Å². The molecule has 2 rings (SSSR count). The molecule has 0 aliphatic rings. The highest BCUT2D eigenvalue weighted by molar-refractivity contribution is 5.94. The zero-order valence-corrected chi connectivity index (χ0v) is 14.4. The van der Waals surface area contributed by atoms with Crippen molar-refractivity contribution >= 4 is 23.3 Å². The number of esters is 1. The highest BCUT2D eigenvalue weighted by atomic mass is 16.5.